The van der Waals surface area contributed by atoms with Crippen molar-refractivity contribution in [1.29, 1.82) is 0 Å². The number of carbonyl (C=O) groups excluding carboxylic acids is 4. The molecule has 0 aromatic heterocycles. The molecule has 1 aliphatic carbocycles. The molecule has 3 aromatic carbocycles. The Morgan fingerprint density at radius 2 is 1.81 bits per heavy atom. The van der Waals surface area contributed by atoms with Crippen LogP contribution in [0, 0.1) is 5.92 Å². The van der Waals surface area contributed by atoms with Crippen molar-refractivity contribution >= 4 is 34.9 Å². The van der Waals surface area contributed by atoms with E-state index in [1.807, 2.05) is 18.2 Å². The molecule has 10 nitrogen and oxygen atoms in total. The van der Waals surface area contributed by atoms with Crippen molar-refractivity contribution in [3.63, 3.8) is 0 Å². The summed E-state index contributed by atoms with van der Waals surface area (Å²) in [4.78, 5) is 56.8. The number of hydrogen-bond acceptors (Lipinski definition) is 7. The van der Waals surface area contributed by atoms with Gasteiger partial charge in [0, 0.05) is 18.3 Å². The van der Waals surface area contributed by atoms with Gasteiger partial charge in [-0.25, -0.2) is 0 Å². The van der Waals surface area contributed by atoms with Crippen molar-refractivity contribution in [3.8, 4) is 17.2 Å². The third-order valence-corrected chi connectivity index (χ3v) is 8.01. The first-order chi connectivity index (χ1) is 20.9. The zero-order chi connectivity index (χ0) is 29.9. The molecule has 0 saturated heterocycles. The Morgan fingerprint density at radius 3 is 2.58 bits per heavy atom. The summed E-state index contributed by atoms with van der Waals surface area (Å²) in [7, 11) is 1.57. The Hall–Kier alpha value is -5.12. The fourth-order valence-electron chi connectivity index (χ4n) is 5.80. The fourth-order valence-corrected chi connectivity index (χ4v) is 5.80. The van der Waals surface area contributed by atoms with E-state index >= 15 is 0 Å². The molecule has 0 unspecified atom stereocenters. The van der Waals surface area contributed by atoms with E-state index in [0.29, 0.717) is 41.5 Å². The maximum Gasteiger partial charge on any atom is 0.299 e. The molecule has 6 rings (SSSR count). The summed E-state index contributed by atoms with van der Waals surface area (Å²) in [5.74, 6) is -0.622. The third kappa shape index (κ3) is 5.68. The molecule has 2 heterocycles. The van der Waals surface area contributed by atoms with Crippen LogP contribution in [0.5, 0.6) is 17.2 Å². The van der Waals surface area contributed by atoms with Gasteiger partial charge >= 0.3 is 0 Å². The number of rotatable bonds is 9. The monoisotopic (exact) mass is 581 g/mol. The number of ketones is 1. The molecule has 2 atom stereocenters. The highest BCUT2D eigenvalue weighted by Gasteiger charge is 2.41. The summed E-state index contributed by atoms with van der Waals surface area (Å²) in [5, 5.41) is 2.99. The van der Waals surface area contributed by atoms with Gasteiger partial charge in [-0.1, -0.05) is 36.4 Å². The first-order valence-corrected chi connectivity index (χ1v) is 14.2. The standard InChI is InChI=1S/C33H31N3O7/c1-41-24-14-11-21(12-15-24)18-36(29(37)19-35-26-10-6-5-9-25(26)31(38)33(35)40)30(22-7-3-2-4-8-22)32(39)34-23-13-16-27-28(17-23)43-20-42-27/h2-3,5-6,9-17,22,30H,4,7-8,18-20H2,1H3,(H,34,39)/t22-,30-/m0/s1. The van der Waals surface area contributed by atoms with Gasteiger partial charge in [-0.15, -0.1) is 0 Å². The van der Waals surface area contributed by atoms with Gasteiger partial charge in [0.25, 0.3) is 11.7 Å². The van der Waals surface area contributed by atoms with E-state index in [1.54, 1.807) is 61.7 Å². The lowest BCUT2D eigenvalue weighted by atomic mass is 9.85. The first kappa shape index (κ1) is 28.0. The molecule has 0 fully saturated rings. The average molecular weight is 582 g/mol. The number of para-hydroxylation sites is 1. The smallest absolute Gasteiger partial charge is 0.299 e. The van der Waals surface area contributed by atoms with E-state index in [1.165, 1.54) is 9.80 Å². The van der Waals surface area contributed by atoms with Gasteiger partial charge in [0.1, 0.15) is 18.3 Å². The quantitative estimate of drug-likeness (QED) is 0.295. The topological polar surface area (TPSA) is 114 Å². The molecule has 0 radical (unpaired) electrons. The van der Waals surface area contributed by atoms with Crippen molar-refractivity contribution in [2.75, 3.05) is 30.7 Å². The number of allylic oxidation sites excluding steroid dienone is 2. The molecule has 3 aromatic rings. The number of anilines is 2. The number of nitrogens with one attached hydrogen (secondary N) is 1. The fraction of sp³-hybridized carbons (Fsp3) is 0.273. The summed E-state index contributed by atoms with van der Waals surface area (Å²) in [6, 6.07) is 18.2. The minimum Gasteiger partial charge on any atom is -0.497 e. The van der Waals surface area contributed by atoms with Gasteiger partial charge in [-0.05, 0) is 67.1 Å². The maximum atomic E-state index is 14.2. The van der Waals surface area contributed by atoms with Gasteiger partial charge in [0.05, 0.1) is 18.4 Å². The maximum absolute atomic E-state index is 14.2. The van der Waals surface area contributed by atoms with Crippen LogP contribution in [0.3, 0.4) is 0 Å². The number of methoxy groups -OCH3 is 1. The number of benzene rings is 3. The predicted octanol–water partition coefficient (Wildman–Crippen LogP) is 4.35. The van der Waals surface area contributed by atoms with Crippen LogP contribution in [0.4, 0.5) is 11.4 Å². The van der Waals surface area contributed by atoms with E-state index < -0.39 is 23.6 Å². The van der Waals surface area contributed by atoms with E-state index in [9.17, 15) is 19.2 Å². The lowest BCUT2D eigenvalue weighted by Gasteiger charge is -2.37. The largest absolute Gasteiger partial charge is 0.497 e. The zero-order valence-electron chi connectivity index (χ0n) is 23.7. The van der Waals surface area contributed by atoms with Crippen LogP contribution in [0.15, 0.2) is 78.9 Å². The van der Waals surface area contributed by atoms with Crippen molar-refractivity contribution in [2.45, 2.75) is 31.8 Å². The second-order valence-electron chi connectivity index (χ2n) is 10.7. The van der Waals surface area contributed by atoms with Crippen LogP contribution in [0.1, 0.15) is 35.2 Å². The van der Waals surface area contributed by atoms with E-state index in [4.69, 9.17) is 14.2 Å². The van der Waals surface area contributed by atoms with E-state index in [-0.39, 0.29) is 37.3 Å². The molecule has 0 bridgehead atoms. The third-order valence-electron chi connectivity index (χ3n) is 8.01. The van der Waals surface area contributed by atoms with Crippen LogP contribution < -0.4 is 24.4 Å². The Kier molecular flexibility index (Phi) is 7.83. The molecule has 3 aliphatic rings. The molecule has 0 saturated carbocycles. The Bertz CT molecular complexity index is 1600. The van der Waals surface area contributed by atoms with E-state index in [0.717, 1.165) is 12.0 Å². The summed E-state index contributed by atoms with van der Waals surface area (Å²) in [6.07, 6.45) is 6.19. The number of fused-ring (bicyclic) bond motifs is 2. The number of ether oxygens (including phenoxy) is 3. The van der Waals surface area contributed by atoms with Crippen molar-refractivity contribution in [3.05, 3.63) is 90.0 Å². The lowest BCUT2D eigenvalue weighted by Crippen LogP contribution is -2.54. The average Bonchev–Trinajstić information content (AvgIpc) is 3.60. The first-order valence-electron chi connectivity index (χ1n) is 14.2. The Balaban J connectivity index is 1.34. The highest BCUT2D eigenvalue weighted by Crippen LogP contribution is 2.35. The van der Waals surface area contributed by atoms with Crippen molar-refractivity contribution < 1.29 is 33.4 Å². The van der Waals surface area contributed by atoms with Gasteiger partial charge in [0.2, 0.25) is 18.6 Å². The number of carbonyl (C=O) groups is 4. The summed E-state index contributed by atoms with van der Waals surface area (Å²) < 4.78 is 16.2. The summed E-state index contributed by atoms with van der Waals surface area (Å²) in [6.45, 7) is -0.164. The molecular weight excluding hydrogens is 550 g/mol. The molecule has 2 aliphatic heterocycles. The second-order valence-corrected chi connectivity index (χ2v) is 10.7. The number of Topliss-reactive ketones (excluding diaryl/α,β-unsaturated/α-hetero) is 1. The van der Waals surface area contributed by atoms with Gasteiger partial charge in [-0.3, -0.25) is 24.1 Å². The highest BCUT2D eigenvalue weighted by atomic mass is 16.7. The van der Waals surface area contributed by atoms with E-state index in [2.05, 4.69) is 11.4 Å². The molecule has 3 amide bonds. The normalized spacial score (nSPS) is 17.4. The lowest BCUT2D eigenvalue weighted by molar-refractivity contribution is -0.140. The zero-order valence-corrected chi connectivity index (χ0v) is 23.7. The second kappa shape index (κ2) is 12.0. The predicted molar refractivity (Wildman–Crippen MR) is 158 cm³/mol. The van der Waals surface area contributed by atoms with Gasteiger partial charge in [-0.2, -0.15) is 0 Å². The van der Waals surface area contributed by atoms with Crippen LogP contribution in [0.25, 0.3) is 0 Å². The van der Waals surface area contributed by atoms with Crippen LogP contribution in [-0.4, -0.2) is 54.9 Å². The van der Waals surface area contributed by atoms with Crippen LogP contribution >= 0.6 is 0 Å². The minimum absolute atomic E-state index is 0.106. The van der Waals surface area contributed by atoms with Crippen molar-refractivity contribution in [2.24, 2.45) is 5.92 Å². The molecule has 1 N–H and O–H groups in total. The molecule has 0 spiro atoms. The number of amides is 3. The summed E-state index contributed by atoms with van der Waals surface area (Å²) >= 11 is 0. The molecular formula is C33H31N3O7. The van der Waals surface area contributed by atoms with Gasteiger partial charge < -0.3 is 24.4 Å². The highest BCUT2D eigenvalue weighted by molar-refractivity contribution is 6.52. The Labute approximate surface area is 248 Å². The number of hydrogen-bond donors (Lipinski definition) is 1. The molecule has 10 heteroatoms. The minimum atomic E-state index is -0.867. The molecule has 43 heavy (non-hydrogen) atoms. The number of nitrogens with zero attached hydrogens (tertiary/aromatic N) is 2. The van der Waals surface area contributed by atoms with Gasteiger partial charge in [0.15, 0.2) is 11.5 Å². The van der Waals surface area contributed by atoms with Crippen LogP contribution in [-0.2, 0) is 20.9 Å². The Morgan fingerprint density at radius 1 is 1.02 bits per heavy atom. The SMILES string of the molecule is COc1ccc(CN(C(=O)CN2C(=O)C(=O)c3ccccc32)[C@H](C(=O)Nc2ccc3c(c2)OCO3)[C@H]2CC=CCC2)cc1. The summed E-state index contributed by atoms with van der Waals surface area (Å²) in [5.41, 5.74) is 1.94. The molecule has 220 valence electrons. The van der Waals surface area contributed by atoms with Crippen LogP contribution in [0.2, 0.25) is 0 Å². The van der Waals surface area contributed by atoms with Crippen molar-refractivity contribution in [1.82, 2.24) is 4.90 Å².